The Labute approximate surface area is 173 Å². The topological polar surface area (TPSA) is 92.4 Å². The third-order valence-electron chi connectivity index (χ3n) is 5.34. The van der Waals surface area contributed by atoms with Gasteiger partial charge in [0.25, 0.3) is 0 Å². The van der Waals surface area contributed by atoms with Crippen molar-refractivity contribution in [3.05, 3.63) is 0 Å². The summed E-state index contributed by atoms with van der Waals surface area (Å²) in [4.78, 5) is 22.3. The van der Waals surface area contributed by atoms with Crippen LogP contribution in [0.4, 0.5) is 0 Å². The zero-order valence-electron chi connectivity index (χ0n) is 18.4. The molecule has 5 nitrogen and oxygen atoms in total. The molecule has 0 bridgehead atoms. The SMILES string of the molecule is CCCCCCCCCCCCCCCCCC(=O)NCCC[C@H](N)C(=O)O. The van der Waals surface area contributed by atoms with Gasteiger partial charge in [0.15, 0.2) is 0 Å². The van der Waals surface area contributed by atoms with Gasteiger partial charge in [-0.15, -0.1) is 0 Å². The van der Waals surface area contributed by atoms with Crippen LogP contribution in [0, 0.1) is 0 Å². The summed E-state index contributed by atoms with van der Waals surface area (Å²) in [7, 11) is 0. The number of carboxylic acid groups (broad SMARTS) is 1. The van der Waals surface area contributed by atoms with Crippen LogP contribution >= 0.6 is 0 Å². The average Bonchev–Trinajstić information content (AvgIpc) is 2.68. The van der Waals surface area contributed by atoms with Gasteiger partial charge in [-0.1, -0.05) is 96.8 Å². The molecule has 28 heavy (non-hydrogen) atoms. The average molecular weight is 399 g/mol. The highest BCUT2D eigenvalue weighted by molar-refractivity contribution is 5.75. The molecule has 0 rings (SSSR count). The molecule has 4 N–H and O–H groups in total. The second-order valence-electron chi connectivity index (χ2n) is 8.14. The number of hydrogen-bond donors (Lipinski definition) is 3. The third-order valence-corrected chi connectivity index (χ3v) is 5.34. The summed E-state index contributed by atoms with van der Waals surface area (Å²) in [6.45, 7) is 2.78. The summed E-state index contributed by atoms with van der Waals surface area (Å²) in [5.74, 6) is -0.914. The molecule has 0 radical (unpaired) electrons. The van der Waals surface area contributed by atoms with E-state index < -0.39 is 12.0 Å². The van der Waals surface area contributed by atoms with Gasteiger partial charge >= 0.3 is 5.97 Å². The molecule has 166 valence electrons. The quantitative estimate of drug-likeness (QED) is 0.221. The molecule has 1 atom stereocenters. The molecule has 0 aliphatic rings. The molecule has 0 heterocycles. The minimum Gasteiger partial charge on any atom is -0.480 e. The minimum absolute atomic E-state index is 0.0681. The van der Waals surface area contributed by atoms with E-state index >= 15 is 0 Å². The van der Waals surface area contributed by atoms with Crippen molar-refractivity contribution in [2.45, 2.75) is 129 Å². The highest BCUT2D eigenvalue weighted by atomic mass is 16.4. The zero-order valence-corrected chi connectivity index (χ0v) is 18.4. The van der Waals surface area contributed by atoms with Gasteiger partial charge in [-0.25, -0.2) is 0 Å². The predicted octanol–water partition coefficient (Wildman–Crippen LogP) is 5.56. The lowest BCUT2D eigenvalue weighted by Crippen LogP contribution is -2.32. The van der Waals surface area contributed by atoms with E-state index in [1.54, 1.807) is 0 Å². The van der Waals surface area contributed by atoms with Crippen LogP contribution in [0.1, 0.15) is 122 Å². The monoisotopic (exact) mass is 398 g/mol. The van der Waals surface area contributed by atoms with E-state index in [0.29, 0.717) is 25.8 Å². The normalized spacial score (nSPS) is 12.1. The van der Waals surface area contributed by atoms with Crippen molar-refractivity contribution in [2.75, 3.05) is 6.54 Å². The van der Waals surface area contributed by atoms with Gasteiger partial charge in [-0.3, -0.25) is 9.59 Å². The minimum atomic E-state index is -0.982. The number of carbonyl (C=O) groups is 2. The summed E-state index contributed by atoms with van der Waals surface area (Å²) in [6, 6.07) is -0.826. The maximum atomic E-state index is 11.7. The first-order valence-corrected chi connectivity index (χ1v) is 11.8. The molecule has 1 amide bonds. The number of hydrogen-bond acceptors (Lipinski definition) is 3. The van der Waals surface area contributed by atoms with Gasteiger partial charge in [0.1, 0.15) is 6.04 Å². The Bertz CT molecular complexity index is 375. The van der Waals surface area contributed by atoms with E-state index in [-0.39, 0.29) is 5.91 Å². The Morgan fingerprint density at radius 3 is 1.61 bits per heavy atom. The van der Waals surface area contributed by atoms with Crippen molar-refractivity contribution in [1.82, 2.24) is 5.32 Å². The largest absolute Gasteiger partial charge is 0.480 e. The molecule has 0 unspecified atom stereocenters. The Hall–Kier alpha value is -1.10. The van der Waals surface area contributed by atoms with E-state index in [1.165, 1.54) is 83.5 Å². The Balaban J connectivity index is 3.20. The Kier molecular flexibility index (Phi) is 19.8. The molecule has 0 fully saturated rings. The van der Waals surface area contributed by atoms with Crippen molar-refractivity contribution in [2.24, 2.45) is 5.73 Å². The maximum Gasteiger partial charge on any atom is 0.320 e. The second kappa shape index (κ2) is 20.6. The maximum absolute atomic E-state index is 11.7. The molecule has 5 heteroatoms. The number of carbonyl (C=O) groups excluding carboxylic acids is 1. The fourth-order valence-corrected chi connectivity index (χ4v) is 3.42. The first-order valence-electron chi connectivity index (χ1n) is 11.8. The molecule has 0 aromatic carbocycles. The summed E-state index contributed by atoms with van der Waals surface area (Å²) in [5, 5.41) is 11.5. The van der Waals surface area contributed by atoms with E-state index in [0.717, 1.165) is 12.8 Å². The van der Waals surface area contributed by atoms with E-state index in [1.807, 2.05) is 0 Å². The molecule has 0 aromatic heterocycles. The zero-order chi connectivity index (χ0) is 20.9. The van der Waals surface area contributed by atoms with Crippen molar-refractivity contribution >= 4 is 11.9 Å². The van der Waals surface area contributed by atoms with E-state index in [4.69, 9.17) is 10.8 Å². The van der Waals surface area contributed by atoms with Crippen LogP contribution in [0.2, 0.25) is 0 Å². The highest BCUT2D eigenvalue weighted by Gasteiger charge is 2.10. The number of carboxylic acids is 1. The summed E-state index contributed by atoms with van der Waals surface area (Å²) >= 11 is 0. The second-order valence-corrected chi connectivity index (χ2v) is 8.14. The Morgan fingerprint density at radius 1 is 0.750 bits per heavy atom. The molecule has 0 spiro atoms. The van der Waals surface area contributed by atoms with Crippen molar-refractivity contribution < 1.29 is 14.7 Å². The molecule has 0 saturated heterocycles. The van der Waals surface area contributed by atoms with Gasteiger partial charge in [0.2, 0.25) is 5.91 Å². The molecule has 0 aliphatic heterocycles. The fourth-order valence-electron chi connectivity index (χ4n) is 3.42. The highest BCUT2D eigenvalue weighted by Crippen LogP contribution is 2.13. The number of amides is 1. The van der Waals surface area contributed by atoms with E-state index in [2.05, 4.69) is 12.2 Å². The predicted molar refractivity (Wildman–Crippen MR) is 117 cm³/mol. The molecule has 0 aliphatic carbocycles. The first-order chi connectivity index (χ1) is 13.6. The van der Waals surface area contributed by atoms with Gasteiger partial charge in [0, 0.05) is 13.0 Å². The van der Waals surface area contributed by atoms with Crippen LogP contribution in [0.3, 0.4) is 0 Å². The summed E-state index contributed by atoms with van der Waals surface area (Å²) in [6.07, 6.45) is 21.4. The van der Waals surface area contributed by atoms with E-state index in [9.17, 15) is 9.59 Å². The molecular formula is C23H46N2O3. The van der Waals surface area contributed by atoms with Gasteiger partial charge in [0.05, 0.1) is 0 Å². The van der Waals surface area contributed by atoms with Crippen molar-refractivity contribution in [3.8, 4) is 0 Å². The smallest absolute Gasteiger partial charge is 0.320 e. The first kappa shape index (κ1) is 26.9. The molecule has 0 aromatic rings. The standard InChI is InChI=1S/C23H46N2O3/c1-2-3-4-5-6-7-8-9-10-11-12-13-14-15-16-19-22(26)25-20-17-18-21(24)23(27)28/h21H,2-20,24H2,1H3,(H,25,26)(H,27,28)/t21-/m0/s1. The van der Waals surface area contributed by atoms with Crippen LogP contribution in [-0.2, 0) is 9.59 Å². The third kappa shape index (κ3) is 19.7. The van der Waals surface area contributed by atoms with Crippen LogP contribution in [0.15, 0.2) is 0 Å². The van der Waals surface area contributed by atoms with Crippen LogP contribution in [0.5, 0.6) is 0 Å². The number of nitrogens with two attached hydrogens (primary N) is 1. The van der Waals surface area contributed by atoms with Crippen LogP contribution in [-0.4, -0.2) is 29.6 Å². The van der Waals surface area contributed by atoms with Crippen LogP contribution < -0.4 is 11.1 Å². The van der Waals surface area contributed by atoms with Crippen LogP contribution in [0.25, 0.3) is 0 Å². The lowest BCUT2D eigenvalue weighted by atomic mass is 10.0. The molecule has 0 saturated carbocycles. The lowest BCUT2D eigenvalue weighted by molar-refractivity contribution is -0.138. The number of rotatable bonds is 21. The number of unbranched alkanes of at least 4 members (excludes halogenated alkanes) is 14. The Morgan fingerprint density at radius 2 is 1.18 bits per heavy atom. The lowest BCUT2D eigenvalue weighted by Gasteiger charge is -2.07. The summed E-state index contributed by atoms with van der Waals surface area (Å²) in [5.41, 5.74) is 5.42. The fraction of sp³-hybridized carbons (Fsp3) is 0.913. The molecular weight excluding hydrogens is 352 g/mol. The number of nitrogens with one attached hydrogen (secondary N) is 1. The van der Waals surface area contributed by atoms with Gasteiger partial charge in [-0.05, 0) is 19.3 Å². The van der Waals surface area contributed by atoms with Gasteiger partial charge in [-0.2, -0.15) is 0 Å². The van der Waals surface area contributed by atoms with Gasteiger partial charge < -0.3 is 16.2 Å². The van der Waals surface area contributed by atoms with Crippen molar-refractivity contribution in [1.29, 1.82) is 0 Å². The number of aliphatic carboxylic acids is 1. The summed E-state index contributed by atoms with van der Waals surface area (Å²) < 4.78 is 0. The van der Waals surface area contributed by atoms with Crippen molar-refractivity contribution in [3.63, 3.8) is 0 Å².